The molecule has 0 aliphatic carbocycles. The van der Waals surface area contributed by atoms with E-state index in [0.717, 1.165) is 14.3 Å². The van der Waals surface area contributed by atoms with Crippen LogP contribution in [-0.2, 0) is 26.2 Å². The van der Waals surface area contributed by atoms with Crippen LogP contribution in [0.4, 0.5) is 5.69 Å². The summed E-state index contributed by atoms with van der Waals surface area (Å²) >= 11 is 9.83. The zero-order valence-corrected chi connectivity index (χ0v) is 23.9. The Morgan fingerprint density at radius 2 is 1.59 bits per heavy atom. The van der Waals surface area contributed by atoms with E-state index < -0.39 is 28.5 Å². The van der Waals surface area contributed by atoms with Crippen molar-refractivity contribution in [3.05, 3.63) is 93.9 Å². The third kappa shape index (κ3) is 7.34. The Kier molecular flexibility index (Phi) is 9.75. The van der Waals surface area contributed by atoms with Crippen LogP contribution in [0.2, 0.25) is 5.02 Å². The number of sulfonamides is 1. The van der Waals surface area contributed by atoms with E-state index in [0.29, 0.717) is 0 Å². The van der Waals surface area contributed by atoms with Crippen LogP contribution in [0.1, 0.15) is 26.3 Å². The van der Waals surface area contributed by atoms with Crippen molar-refractivity contribution in [2.24, 2.45) is 0 Å². The summed E-state index contributed by atoms with van der Waals surface area (Å²) in [4.78, 5) is 28.1. The lowest BCUT2D eigenvalue weighted by Gasteiger charge is -2.32. The molecular formula is C27H29BrClN3O4S. The first-order valence-corrected chi connectivity index (χ1v) is 14.3. The Balaban J connectivity index is 2.03. The molecule has 196 valence electrons. The number of carbonyl (C=O) groups is 2. The smallest absolute Gasteiger partial charge is 0.264 e. The van der Waals surface area contributed by atoms with Crippen LogP contribution in [0.5, 0.6) is 0 Å². The second-order valence-corrected chi connectivity index (χ2v) is 12.0. The van der Waals surface area contributed by atoms with Crippen LogP contribution in [0.15, 0.2) is 88.2 Å². The van der Waals surface area contributed by atoms with Gasteiger partial charge in [-0.2, -0.15) is 0 Å². The molecular weight excluding hydrogens is 578 g/mol. The number of nitrogens with zero attached hydrogens (tertiary/aromatic N) is 2. The second-order valence-electron chi connectivity index (χ2n) is 8.77. The lowest BCUT2D eigenvalue weighted by Crippen LogP contribution is -2.52. The van der Waals surface area contributed by atoms with Gasteiger partial charge in [0.2, 0.25) is 11.8 Å². The predicted octanol–water partition coefficient (Wildman–Crippen LogP) is 5.24. The summed E-state index contributed by atoms with van der Waals surface area (Å²) in [6.07, 6.45) is 0. The van der Waals surface area contributed by atoms with Crippen molar-refractivity contribution < 1.29 is 18.0 Å². The maximum atomic E-state index is 13.8. The van der Waals surface area contributed by atoms with Crippen molar-refractivity contribution in [3.8, 4) is 0 Å². The van der Waals surface area contributed by atoms with Crippen LogP contribution in [0, 0.1) is 0 Å². The topological polar surface area (TPSA) is 86.8 Å². The highest BCUT2D eigenvalue weighted by atomic mass is 79.9. The maximum Gasteiger partial charge on any atom is 0.264 e. The molecule has 0 aliphatic rings. The van der Waals surface area contributed by atoms with Gasteiger partial charge in [-0.3, -0.25) is 13.9 Å². The number of benzene rings is 3. The zero-order valence-electron chi connectivity index (χ0n) is 20.8. The molecule has 0 fully saturated rings. The van der Waals surface area contributed by atoms with E-state index in [9.17, 15) is 18.0 Å². The molecule has 37 heavy (non-hydrogen) atoms. The third-order valence-electron chi connectivity index (χ3n) is 5.57. The molecule has 7 nitrogen and oxygen atoms in total. The summed E-state index contributed by atoms with van der Waals surface area (Å²) in [7, 11) is -4.16. The van der Waals surface area contributed by atoms with Crippen LogP contribution < -0.4 is 9.62 Å². The summed E-state index contributed by atoms with van der Waals surface area (Å²) in [6.45, 7) is 4.84. The minimum atomic E-state index is -4.16. The lowest BCUT2D eigenvalue weighted by molar-refractivity contribution is -0.139. The number of anilines is 1. The average Bonchev–Trinajstić information content (AvgIpc) is 2.86. The summed E-state index contributed by atoms with van der Waals surface area (Å²) < 4.78 is 29.2. The van der Waals surface area contributed by atoms with Gasteiger partial charge in [-0.15, -0.1) is 0 Å². The summed E-state index contributed by atoms with van der Waals surface area (Å²) in [6, 6.07) is 20.7. The standard InChI is InChI=1S/C27H29BrClN3O4S/c1-19(2)30-27(34)20(3)31(17-21-10-9-11-22(28)16-21)26(33)18-32(25-15-8-7-14-24(25)29)37(35,36)23-12-5-4-6-13-23/h4-16,19-20H,17-18H2,1-3H3,(H,30,34). The second kappa shape index (κ2) is 12.6. The van der Waals surface area contributed by atoms with Crippen molar-refractivity contribution in [2.75, 3.05) is 10.8 Å². The van der Waals surface area contributed by atoms with Gasteiger partial charge in [0.25, 0.3) is 10.0 Å². The number of hydrogen-bond donors (Lipinski definition) is 1. The van der Waals surface area contributed by atoms with Crippen molar-refractivity contribution in [1.82, 2.24) is 10.2 Å². The van der Waals surface area contributed by atoms with E-state index in [-0.39, 0.29) is 34.1 Å². The Morgan fingerprint density at radius 1 is 0.946 bits per heavy atom. The third-order valence-corrected chi connectivity index (χ3v) is 8.16. The SMILES string of the molecule is CC(C)NC(=O)C(C)N(Cc1cccc(Br)c1)C(=O)CN(c1ccccc1Cl)S(=O)(=O)c1ccccc1. The molecule has 2 amide bonds. The van der Waals surface area contributed by atoms with Gasteiger partial charge in [0.1, 0.15) is 12.6 Å². The van der Waals surface area contributed by atoms with Gasteiger partial charge in [0.05, 0.1) is 15.6 Å². The summed E-state index contributed by atoms with van der Waals surface area (Å²) in [5.74, 6) is -0.889. The van der Waals surface area contributed by atoms with E-state index in [2.05, 4.69) is 21.2 Å². The fourth-order valence-corrected chi connectivity index (χ4v) is 5.90. The molecule has 3 aromatic rings. The molecule has 0 aliphatic heterocycles. The predicted molar refractivity (Wildman–Crippen MR) is 150 cm³/mol. The van der Waals surface area contributed by atoms with Crippen molar-refractivity contribution in [2.45, 2.75) is 44.3 Å². The molecule has 3 aromatic carbocycles. The average molecular weight is 607 g/mol. The molecule has 1 N–H and O–H groups in total. The van der Waals surface area contributed by atoms with Crippen LogP contribution >= 0.6 is 27.5 Å². The summed E-state index contributed by atoms with van der Waals surface area (Å²) in [5, 5.41) is 3.01. The van der Waals surface area contributed by atoms with E-state index >= 15 is 0 Å². The lowest BCUT2D eigenvalue weighted by atomic mass is 10.1. The van der Waals surface area contributed by atoms with Crippen molar-refractivity contribution in [3.63, 3.8) is 0 Å². The molecule has 1 unspecified atom stereocenters. The van der Waals surface area contributed by atoms with Crippen LogP contribution in [-0.4, -0.2) is 43.8 Å². The molecule has 0 radical (unpaired) electrons. The molecule has 0 saturated carbocycles. The van der Waals surface area contributed by atoms with E-state index in [1.165, 1.54) is 17.0 Å². The van der Waals surface area contributed by atoms with Gasteiger partial charge in [0.15, 0.2) is 0 Å². The molecule has 10 heteroatoms. The van der Waals surface area contributed by atoms with Gasteiger partial charge >= 0.3 is 0 Å². The number of hydrogen-bond acceptors (Lipinski definition) is 4. The molecule has 3 rings (SSSR count). The zero-order chi connectivity index (χ0) is 27.2. The van der Waals surface area contributed by atoms with Gasteiger partial charge < -0.3 is 10.2 Å². The van der Waals surface area contributed by atoms with E-state index in [1.807, 2.05) is 38.1 Å². The molecule has 0 spiro atoms. The molecule has 0 heterocycles. The first kappa shape index (κ1) is 28.7. The number of amides is 2. The Hall–Kier alpha value is -2.88. The van der Waals surface area contributed by atoms with Crippen LogP contribution in [0.3, 0.4) is 0 Å². The molecule has 0 saturated heterocycles. The normalized spacial score (nSPS) is 12.2. The highest BCUT2D eigenvalue weighted by Crippen LogP contribution is 2.30. The Morgan fingerprint density at radius 3 is 2.22 bits per heavy atom. The minimum absolute atomic E-state index is 0.0202. The number of para-hydroxylation sites is 1. The summed E-state index contributed by atoms with van der Waals surface area (Å²) in [5.41, 5.74) is 0.949. The molecule has 0 bridgehead atoms. The van der Waals surface area contributed by atoms with E-state index in [4.69, 9.17) is 11.6 Å². The van der Waals surface area contributed by atoms with Crippen molar-refractivity contribution in [1.29, 1.82) is 0 Å². The van der Waals surface area contributed by atoms with Crippen molar-refractivity contribution >= 4 is 55.1 Å². The molecule has 0 aromatic heterocycles. The highest BCUT2D eigenvalue weighted by molar-refractivity contribution is 9.10. The Labute approximate surface area is 231 Å². The van der Waals surface area contributed by atoms with Crippen LogP contribution in [0.25, 0.3) is 0 Å². The monoisotopic (exact) mass is 605 g/mol. The largest absolute Gasteiger partial charge is 0.352 e. The number of rotatable bonds is 10. The number of halogens is 2. The maximum absolute atomic E-state index is 13.8. The molecule has 1 atom stereocenters. The number of carbonyl (C=O) groups excluding carboxylic acids is 2. The first-order valence-electron chi connectivity index (χ1n) is 11.7. The first-order chi connectivity index (χ1) is 17.5. The number of nitrogens with one attached hydrogen (secondary N) is 1. The van der Waals surface area contributed by atoms with Gasteiger partial charge in [-0.05, 0) is 62.7 Å². The fraction of sp³-hybridized carbons (Fsp3) is 0.259. The van der Waals surface area contributed by atoms with Gasteiger partial charge in [0, 0.05) is 17.1 Å². The van der Waals surface area contributed by atoms with E-state index in [1.54, 1.807) is 49.4 Å². The fourth-order valence-electron chi connectivity index (χ4n) is 3.71. The minimum Gasteiger partial charge on any atom is -0.352 e. The highest BCUT2D eigenvalue weighted by Gasteiger charge is 2.33. The Bertz CT molecular complexity index is 1350. The van der Waals surface area contributed by atoms with Gasteiger partial charge in [-0.25, -0.2) is 8.42 Å². The van der Waals surface area contributed by atoms with Gasteiger partial charge in [-0.1, -0.05) is 70.0 Å². The quantitative estimate of drug-likeness (QED) is 0.342.